The number of aliphatic hydroxyl groups is 1. The van der Waals surface area contributed by atoms with Crippen molar-refractivity contribution in [2.24, 2.45) is 0 Å². The van der Waals surface area contributed by atoms with Crippen molar-refractivity contribution in [1.29, 1.82) is 0 Å². The molecule has 2 N–H and O–H groups in total. The molecule has 1 fully saturated rings. The van der Waals surface area contributed by atoms with Crippen molar-refractivity contribution in [3.8, 4) is 5.75 Å². The van der Waals surface area contributed by atoms with E-state index in [4.69, 9.17) is 9.84 Å². The third kappa shape index (κ3) is 4.02. The Labute approximate surface area is 147 Å². The second-order valence-corrected chi connectivity index (χ2v) is 6.47. The zero-order valence-electron chi connectivity index (χ0n) is 14.7. The highest BCUT2D eigenvalue weighted by molar-refractivity contribution is 6.05. The fourth-order valence-corrected chi connectivity index (χ4v) is 2.83. The minimum absolute atomic E-state index is 0.0252. The number of carbonyl (C=O) groups is 1. The second kappa shape index (κ2) is 7.70. The van der Waals surface area contributed by atoms with Crippen molar-refractivity contribution in [2.45, 2.75) is 45.1 Å². The molecule has 25 heavy (non-hydrogen) atoms. The van der Waals surface area contributed by atoms with E-state index in [1.54, 1.807) is 30.5 Å². The lowest BCUT2D eigenvalue weighted by atomic mass is 10.1. The van der Waals surface area contributed by atoms with E-state index in [-0.39, 0.29) is 19.1 Å². The number of benzene rings is 1. The molecule has 3 rings (SSSR count). The summed E-state index contributed by atoms with van der Waals surface area (Å²) in [6.45, 7) is 4.49. The molecule has 6 nitrogen and oxygen atoms in total. The molecule has 1 heterocycles. The van der Waals surface area contributed by atoms with Gasteiger partial charge in [-0.15, -0.1) is 0 Å². The van der Waals surface area contributed by atoms with E-state index in [0.29, 0.717) is 29.0 Å². The van der Waals surface area contributed by atoms with Crippen LogP contribution in [0.2, 0.25) is 0 Å². The van der Waals surface area contributed by atoms with Gasteiger partial charge in [-0.05, 0) is 50.5 Å². The third-order valence-corrected chi connectivity index (χ3v) is 4.52. The molecule has 1 aromatic heterocycles. The highest BCUT2D eigenvalue weighted by atomic mass is 16.5. The first-order valence-electron chi connectivity index (χ1n) is 8.86. The van der Waals surface area contributed by atoms with Crippen LogP contribution < -0.4 is 10.1 Å². The molecule has 134 valence electrons. The Balaban J connectivity index is 1.74. The summed E-state index contributed by atoms with van der Waals surface area (Å²) < 4.78 is 7.34. The van der Waals surface area contributed by atoms with Crippen molar-refractivity contribution in [2.75, 3.05) is 18.5 Å². The Morgan fingerprint density at radius 3 is 2.72 bits per heavy atom. The van der Waals surface area contributed by atoms with E-state index in [1.807, 2.05) is 4.68 Å². The van der Waals surface area contributed by atoms with Crippen LogP contribution in [0.25, 0.3) is 0 Å². The third-order valence-electron chi connectivity index (χ3n) is 4.52. The van der Waals surface area contributed by atoms with Crippen LogP contribution in [-0.2, 0) is 0 Å². The largest absolute Gasteiger partial charge is 0.491 e. The molecule has 0 aliphatic heterocycles. The molecule has 1 amide bonds. The summed E-state index contributed by atoms with van der Waals surface area (Å²) in [5.41, 5.74) is 2.44. The van der Waals surface area contributed by atoms with Crippen molar-refractivity contribution in [3.05, 3.63) is 41.7 Å². The summed E-state index contributed by atoms with van der Waals surface area (Å²) in [6, 6.07) is 7.42. The van der Waals surface area contributed by atoms with Crippen LogP contribution in [0.4, 0.5) is 5.69 Å². The van der Waals surface area contributed by atoms with Gasteiger partial charge in [-0.3, -0.25) is 9.48 Å². The topological polar surface area (TPSA) is 76.4 Å². The number of rotatable bonds is 8. The van der Waals surface area contributed by atoms with E-state index in [9.17, 15) is 4.79 Å². The maximum absolute atomic E-state index is 12.7. The first kappa shape index (κ1) is 17.5. The number of anilines is 1. The SMILES string of the molecule is CCC(C)n1ncc(C(=O)Nc2ccc(OCCO)cc2)c1C1CC1. The van der Waals surface area contributed by atoms with Gasteiger partial charge >= 0.3 is 0 Å². The minimum atomic E-state index is -0.125. The first-order chi connectivity index (χ1) is 12.1. The molecular weight excluding hydrogens is 318 g/mol. The van der Waals surface area contributed by atoms with Gasteiger partial charge in [-0.1, -0.05) is 6.92 Å². The molecule has 0 spiro atoms. The van der Waals surface area contributed by atoms with Crippen LogP contribution in [0, 0.1) is 0 Å². The molecule has 0 radical (unpaired) electrons. The maximum Gasteiger partial charge on any atom is 0.259 e. The normalized spacial score (nSPS) is 15.0. The first-order valence-corrected chi connectivity index (χ1v) is 8.86. The lowest BCUT2D eigenvalue weighted by Crippen LogP contribution is -2.16. The van der Waals surface area contributed by atoms with Gasteiger partial charge in [-0.25, -0.2) is 0 Å². The predicted molar refractivity (Wildman–Crippen MR) is 96.2 cm³/mol. The molecule has 1 aliphatic rings. The number of aliphatic hydroxyl groups excluding tert-OH is 1. The Hall–Kier alpha value is -2.34. The van der Waals surface area contributed by atoms with Gasteiger partial charge < -0.3 is 15.2 Å². The summed E-state index contributed by atoms with van der Waals surface area (Å²) in [6.07, 6.45) is 4.92. The summed E-state index contributed by atoms with van der Waals surface area (Å²) in [5, 5.41) is 16.2. The Kier molecular flexibility index (Phi) is 5.38. The van der Waals surface area contributed by atoms with E-state index >= 15 is 0 Å². The average Bonchev–Trinajstić information content (AvgIpc) is 3.38. The highest BCUT2D eigenvalue weighted by Gasteiger charge is 2.33. The van der Waals surface area contributed by atoms with Gasteiger partial charge in [0.1, 0.15) is 12.4 Å². The molecule has 0 saturated heterocycles. The van der Waals surface area contributed by atoms with Gasteiger partial charge in [0.15, 0.2) is 0 Å². The highest BCUT2D eigenvalue weighted by Crippen LogP contribution is 2.42. The van der Waals surface area contributed by atoms with Crippen LogP contribution in [0.5, 0.6) is 5.75 Å². The monoisotopic (exact) mass is 343 g/mol. The molecule has 6 heteroatoms. The van der Waals surface area contributed by atoms with Crippen LogP contribution in [0.3, 0.4) is 0 Å². The molecular formula is C19H25N3O3. The average molecular weight is 343 g/mol. The van der Waals surface area contributed by atoms with Crippen LogP contribution >= 0.6 is 0 Å². The lowest BCUT2D eigenvalue weighted by Gasteiger charge is -2.14. The molecule has 1 atom stereocenters. The molecule has 2 aromatic rings. The molecule has 1 unspecified atom stereocenters. The van der Waals surface area contributed by atoms with Crippen LogP contribution in [0.1, 0.15) is 61.1 Å². The van der Waals surface area contributed by atoms with E-state index in [0.717, 1.165) is 25.0 Å². The lowest BCUT2D eigenvalue weighted by molar-refractivity contribution is 0.102. The number of aromatic nitrogens is 2. The number of hydrogen-bond donors (Lipinski definition) is 2. The van der Waals surface area contributed by atoms with E-state index < -0.39 is 0 Å². The molecule has 1 aromatic carbocycles. The van der Waals surface area contributed by atoms with Crippen molar-refractivity contribution >= 4 is 11.6 Å². The second-order valence-electron chi connectivity index (χ2n) is 6.47. The standard InChI is InChI=1S/C19H25N3O3/c1-3-13(2)22-18(14-4-5-14)17(12-20-22)19(24)21-15-6-8-16(9-7-15)25-11-10-23/h6-9,12-14,23H,3-5,10-11H2,1-2H3,(H,21,24). The fraction of sp³-hybridized carbons (Fsp3) is 0.474. The number of ether oxygens (including phenoxy) is 1. The smallest absolute Gasteiger partial charge is 0.259 e. The fourth-order valence-electron chi connectivity index (χ4n) is 2.83. The number of carbonyl (C=O) groups excluding carboxylic acids is 1. The van der Waals surface area contributed by atoms with Crippen molar-refractivity contribution in [3.63, 3.8) is 0 Å². The van der Waals surface area contributed by atoms with Crippen molar-refractivity contribution in [1.82, 2.24) is 9.78 Å². The zero-order valence-corrected chi connectivity index (χ0v) is 14.7. The Bertz CT molecular complexity index is 720. The van der Waals surface area contributed by atoms with Crippen molar-refractivity contribution < 1.29 is 14.6 Å². The van der Waals surface area contributed by atoms with E-state index in [2.05, 4.69) is 24.3 Å². The summed E-state index contributed by atoms with van der Waals surface area (Å²) in [5.74, 6) is 0.988. The minimum Gasteiger partial charge on any atom is -0.491 e. The Morgan fingerprint density at radius 1 is 1.40 bits per heavy atom. The zero-order chi connectivity index (χ0) is 17.8. The summed E-state index contributed by atoms with van der Waals surface area (Å²) in [7, 11) is 0. The molecule has 1 saturated carbocycles. The Morgan fingerprint density at radius 2 is 2.12 bits per heavy atom. The number of nitrogens with one attached hydrogen (secondary N) is 1. The van der Waals surface area contributed by atoms with E-state index in [1.165, 1.54) is 0 Å². The predicted octanol–water partition coefficient (Wildman–Crippen LogP) is 3.35. The van der Waals surface area contributed by atoms with Gasteiger partial charge in [0, 0.05) is 17.6 Å². The number of amides is 1. The van der Waals surface area contributed by atoms with Gasteiger partial charge in [0.05, 0.1) is 24.1 Å². The number of nitrogens with zero attached hydrogens (tertiary/aromatic N) is 2. The summed E-state index contributed by atoms with van der Waals surface area (Å²) >= 11 is 0. The molecule has 1 aliphatic carbocycles. The van der Waals surface area contributed by atoms with Crippen LogP contribution in [0.15, 0.2) is 30.5 Å². The number of hydrogen-bond acceptors (Lipinski definition) is 4. The maximum atomic E-state index is 12.7. The van der Waals surface area contributed by atoms with Crippen LogP contribution in [-0.4, -0.2) is 34.0 Å². The van der Waals surface area contributed by atoms with Gasteiger partial charge in [0.2, 0.25) is 0 Å². The van der Waals surface area contributed by atoms with Gasteiger partial charge in [0.25, 0.3) is 5.91 Å². The quantitative estimate of drug-likeness (QED) is 0.770. The van der Waals surface area contributed by atoms with Gasteiger partial charge in [-0.2, -0.15) is 5.10 Å². The molecule has 0 bridgehead atoms. The summed E-state index contributed by atoms with van der Waals surface area (Å²) in [4.78, 5) is 12.7.